The topological polar surface area (TPSA) is 97.7 Å². The molecule has 0 unspecified atom stereocenters. The molecular weight excluding hydrogens is 419 g/mol. The lowest BCUT2D eigenvalue weighted by molar-refractivity contribution is -0.117. The largest absolute Gasteiger partial charge is 0.338 e. The molecule has 5 rings (SSSR count). The van der Waals surface area contributed by atoms with Crippen molar-refractivity contribution in [3.05, 3.63) is 89.6 Å². The number of pyridine rings is 1. The Balaban J connectivity index is 1.44. The van der Waals surface area contributed by atoms with Gasteiger partial charge in [0.1, 0.15) is 17.7 Å². The van der Waals surface area contributed by atoms with Crippen LogP contribution >= 0.6 is 0 Å². The first-order valence-electron chi connectivity index (χ1n) is 10.5. The average Bonchev–Trinajstić information content (AvgIpc) is 3.50. The number of fused-ring (bicyclic) bond motifs is 1. The maximum absolute atomic E-state index is 14.0. The molecular formula is C25H19FN6O. The molecule has 2 aromatic heterocycles. The molecule has 2 aromatic carbocycles. The summed E-state index contributed by atoms with van der Waals surface area (Å²) in [6.07, 6.45) is 5.66. The molecule has 162 valence electrons. The van der Waals surface area contributed by atoms with E-state index >= 15 is 0 Å². The zero-order valence-electron chi connectivity index (χ0n) is 17.5. The van der Waals surface area contributed by atoms with Crippen LogP contribution in [0.1, 0.15) is 16.7 Å². The van der Waals surface area contributed by atoms with E-state index in [0.717, 1.165) is 22.4 Å². The Morgan fingerprint density at radius 1 is 1.21 bits per heavy atom. The lowest BCUT2D eigenvalue weighted by Crippen LogP contribution is -2.31. The van der Waals surface area contributed by atoms with Crippen LogP contribution < -0.4 is 10.2 Å². The molecule has 7 nitrogen and oxygen atoms in total. The molecule has 0 saturated carbocycles. The number of hydrogen-bond acceptors (Lipinski definition) is 5. The number of rotatable bonds is 5. The molecule has 0 aliphatic carbocycles. The molecule has 0 bridgehead atoms. The van der Waals surface area contributed by atoms with Crippen molar-refractivity contribution in [3.8, 4) is 17.2 Å². The predicted octanol–water partition coefficient (Wildman–Crippen LogP) is 4.36. The van der Waals surface area contributed by atoms with Gasteiger partial charge in [0.15, 0.2) is 0 Å². The zero-order chi connectivity index (χ0) is 22.8. The highest BCUT2D eigenvalue weighted by Crippen LogP contribution is 2.37. The van der Waals surface area contributed by atoms with Crippen molar-refractivity contribution in [3.63, 3.8) is 0 Å². The van der Waals surface area contributed by atoms with Crippen LogP contribution in [0.5, 0.6) is 0 Å². The smallest absolute Gasteiger partial charge is 0.231 e. The van der Waals surface area contributed by atoms with E-state index < -0.39 is 5.82 Å². The van der Waals surface area contributed by atoms with E-state index in [0.29, 0.717) is 35.6 Å². The Labute approximate surface area is 189 Å². The molecule has 1 aliphatic rings. The van der Waals surface area contributed by atoms with Gasteiger partial charge in [0.25, 0.3) is 0 Å². The van der Waals surface area contributed by atoms with Gasteiger partial charge < -0.3 is 10.2 Å². The van der Waals surface area contributed by atoms with Crippen molar-refractivity contribution in [2.24, 2.45) is 0 Å². The third kappa shape index (κ3) is 4.04. The molecule has 33 heavy (non-hydrogen) atoms. The number of halogens is 1. The normalized spacial score (nSPS) is 12.3. The first kappa shape index (κ1) is 20.4. The number of nitrogens with zero attached hydrogens (tertiary/aromatic N) is 4. The molecule has 0 fully saturated rings. The van der Waals surface area contributed by atoms with Gasteiger partial charge in [-0.1, -0.05) is 18.2 Å². The molecule has 0 atom stereocenters. The van der Waals surface area contributed by atoms with Crippen LogP contribution in [0, 0.1) is 17.1 Å². The number of benzene rings is 2. The van der Waals surface area contributed by atoms with Crippen LogP contribution in [0.25, 0.3) is 11.1 Å². The quantitative estimate of drug-likeness (QED) is 0.483. The SMILES string of the molecule is N#Cc1cc(-c2ccnc(Nc3cn[nH]c3)c2)cc2c1N(C(=O)Cc1ccccc1F)CC2. The summed E-state index contributed by atoms with van der Waals surface area (Å²) in [5, 5.41) is 19.7. The summed E-state index contributed by atoms with van der Waals surface area (Å²) < 4.78 is 14.0. The van der Waals surface area contributed by atoms with Crippen LogP contribution in [-0.2, 0) is 17.6 Å². The first-order chi connectivity index (χ1) is 16.1. The highest BCUT2D eigenvalue weighted by Gasteiger charge is 2.28. The number of carbonyl (C=O) groups excluding carboxylic acids is 1. The van der Waals surface area contributed by atoms with E-state index in [4.69, 9.17) is 0 Å². The first-order valence-corrected chi connectivity index (χ1v) is 10.5. The van der Waals surface area contributed by atoms with E-state index in [-0.39, 0.29) is 12.3 Å². The minimum atomic E-state index is -0.404. The van der Waals surface area contributed by atoms with Gasteiger partial charge in [0.05, 0.1) is 29.6 Å². The number of carbonyl (C=O) groups is 1. The van der Waals surface area contributed by atoms with Gasteiger partial charge >= 0.3 is 0 Å². The van der Waals surface area contributed by atoms with Crippen molar-refractivity contribution in [1.29, 1.82) is 5.26 Å². The van der Waals surface area contributed by atoms with Crippen LogP contribution in [0.15, 0.2) is 67.1 Å². The summed E-state index contributed by atoms with van der Waals surface area (Å²) in [6, 6.07) is 16.1. The number of hydrogen-bond donors (Lipinski definition) is 2. The second-order valence-corrected chi connectivity index (χ2v) is 7.75. The van der Waals surface area contributed by atoms with Gasteiger partial charge in [-0.05, 0) is 59.0 Å². The van der Waals surface area contributed by atoms with Gasteiger partial charge in [-0.25, -0.2) is 9.37 Å². The Morgan fingerprint density at radius 2 is 2.09 bits per heavy atom. The Kier molecular flexibility index (Phi) is 5.29. The minimum absolute atomic E-state index is 0.0495. The van der Waals surface area contributed by atoms with Gasteiger partial charge in [0, 0.05) is 18.9 Å². The Bertz CT molecular complexity index is 1380. The van der Waals surface area contributed by atoms with Gasteiger partial charge in [0.2, 0.25) is 5.91 Å². The summed E-state index contributed by atoms with van der Waals surface area (Å²) in [5.41, 5.74) is 4.86. The maximum atomic E-state index is 14.0. The standard InChI is InChI=1S/C25H19FN6O/c26-22-4-2-1-3-17(22)12-24(33)32-8-6-18-9-19(10-20(13-27)25(18)32)16-5-7-28-23(11-16)31-21-14-29-30-15-21/h1-5,7,9-11,14-15H,6,8,12H2,(H,28,31)(H,29,30). The third-order valence-electron chi connectivity index (χ3n) is 5.65. The van der Waals surface area contributed by atoms with Crippen LogP contribution in [-0.4, -0.2) is 27.6 Å². The minimum Gasteiger partial charge on any atom is -0.338 e. The Morgan fingerprint density at radius 3 is 2.88 bits per heavy atom. The fourth-order valence-electron chi connectivity index (χ4n) is 4.09. The van der Waals surface area contributed by atoms with Crippen LogP contribution in [0.3, 0.4) is 0 Å². The van der Waals surface area contributed by atoms with Crippen molar-refractivity contribution < 1.29 is 9.18 Å². The number of amides is 1. The van der Waals surface area contributed by atoms with Gasteiger partial charge in [-0.15, -0.1) is 0 Å². The molecule has 8 heteroatoms. The van der Waals surface area contributed by atoms with E-state index in [9.17, 15) is 14.4 Å². The number of aromatic amines is 1. The highest BCUT2D eigenvalue weighted by atomic mass is 19.1. The Hall–Kier alpha value is -4.51. The summed E-state index contributed by atoms with van der Waals surface area (Å²) in [4.78, 5) is 18.9. The van der Waals surface area contributed by atoms with Crippen LogP contribution in [0.2, 0.25) is 0 Å². The van der Waals surface area contributed by atoms with E-state index in [1.807, 2.05) is 18.2 Å². The number of anilines is 3. The highest BCUT2D eigenvalue weighted by molar-refractivity contribution is 5.99. The number of aromatic nitrogens is 3. The molecule has 0 radical (unpaired) electrons. The molecule has 4 aromatic rings. The summed E-state index contributed by atoms with van der Waals surface area (Å²) >= 11 is 0. The molecule has 3 heterocycles. The summed E-state index contributed by atoms with van der Waals surface area (Å²) in [7, 11) is 0. The third-order valence-corrected chi connectivity index (χ3v) is 5.65. The van der Waals surface area contributed by atoms with Crippen molar-refractivity contribution in [1.82, 2.24) is 15.2 Å². The summed E-state index contributed by atoms with van der Waals surface area (Å²) in [6.45, 7) is 0.463. The van der Waals surface area contributed by atoms with Crippen molar-refractivity contribution >= 4 is 23.1 Å². The van der Waals surface area contributed by atoms with Crippen molar-refractivity contribution in [2.75, 3.05) is 16.8 Å². The van der Waals surface area contributed by atoms with E-state index in [2.05, 4.69) is 26.6 Å². The van der Waals surface area contributed by atoms with Gasteiger partial charge in [-0.2, -0.15) is 10.4 Å². The number of H-pyrrole nitrogens is 1. The second-order valence-electron chi connectivity index (χ2n) is 7.75. The molecule has 1 amide bonds. The second kappa shape index (κ2) is 8.55. The molecule has 1 aliphatic heterocycles. The average molecular weight is 438 g/mol. The lowest BCUT2D eigenvalue weighted by Gasteiger charge is -2.19. The summed E-state index contributed by atoms with van der Waals surface area (Å²) in [5.74, 6) is 0.0202. The lowest BCUT2D eigenvalue weighted by atomic mass is 9.98. The van der Waals surface area contributed by atoms with Crippen molar-refractivity contribution in [2.45, 2.75) is 12.8 Å². The fourth-order valence-corrected chi connectivity index (χ4v) is 4.09. The van der Waals surface area contributed by atoms with Crippen LogP contribution in [0.4, 0.5) is 21.6 Å². The van der Waals surface area contributed by atoms with E-state index in [1.54, 1.807) is 47.8 Å². The predicted molar refractivity (Wildman–Crippen MR) is 122 cm³/mol. The van der Waals surface area contributed by atoms with E-state index in [1.165, 1.54) is 6.07 Å². The fraction of sp³-hybridized carbons (Fsp3) is 0.120. The molecule has 2 N–H and O–H groups in total. The van der Waals surface area contributed by atoms with Gasteiger partial charge in [-0.3, -0.25) is 9.89 Å². The maximum Gasteiger partial charge on any atom is 0.231 e. The molecule has 0 saturated heterocycles. The number of nitriles is 1. The monoisotopic (exact) mass is 438 g/mol. The zero-order valence-corrected chi connectivity index (χ0v) is 17.5. The molecule has 0 spiro atoms. The number of nitrogens with one attached hydrogen (secondary N) is 2.